The van der Waals surface area contributed by atoms with Crippen LogP contribution >= 0.6 is 0 Å². The van der Waals surface area contributed by atoms with Gasteiger partial charge in [-0.2, -0.15) is 4.98 Å². The largest absolute Gasteiger partial charge is 0.474 e. The molecule has 1 aliphatic rings. The third-order valence-corrected chi connectivity index (χ3v) is 3.95. The molecule has 0 aliphatic carbocycles. The monoisotopic (exact) mass is 330 g/mol. The van der Waals surface area contributed by atoms with Gasteiger partial charge in [0.15, 0.2) is 5.82 Å². The van der Waals surface area contributed by atoms with Gasteiger partial charge in [-0.1, -0.05) is 12.1 Å². The predicted molar refractivity (Wildman–Crippen MR) is 91.7 cm³/mol. The van der Waals surface area contributed by atoms with E-state index in [2.05, 4.69) is 19.8 Å². The molecule has 0 unspecified atom stereocenters. The fourth-order valence-electron chi connectivity index (χ4n) is 2.82. The molecule has 1 aromatic carbocycles. The normalized spacial score (nSPS) is 15.8. The number of anilines is 1. The fraction of sp³-hybridized carbons (Fsp3) is 0.444. The second-order valence-electron chi connectivity index (χ2n) is 6.28. The number of hydrogen-bond acceptors (Lipinski definition) is 5. The Morgan fingerprint density at radius 3 is 2.67 bits per heavy atom. The first kappa shape index (κ1) is 16.6. The van der Waals surface area contributed by atoms with Crippen LogP contribution in [0.25, 0.3) is 0 Å². The van der Waals surface area contributed by atoms with Gasteiger partial charge < -0.3 is 9.64 Å². The zero-order chi connectivity index (χ0) is 16.9. The van der Waals surface area contributed by atoms with Crippen LogP contribution in [0.1, 0.15) is 19.4 Å². The summed E-state index contributed by atoms with van der Waals surface area (Å²) >= 11 is 0. The summed E-state index contributed by atoms with van der Waals surface area (Å²) in [6.07, 6.45) is 3.50. The minimum atomic E-state index is -0.177. The van der Waals surface area contributed by atoms with Crippen LogP contribution in [-0.4, -0.2) is 47.2 Å². The van der Waals surface area contributed by atoms with E-state index in [1.807, 2.05) is 19.9 Å². The SMILES string of the molecule is CC(C)Oc1cncc(N2CCN(Cc3cccc(F)c3)CC2)n1. The van der Waals surface area contributed by atoms with Crippen LogP contribution in [0.3, 0.4) is 0 Å². The smallest absolute Gasteiger partial charge is 0.234 e. The number of halogens is 1. The average Bonchev–Trinajstić information content (AvgIpc) is 2.55. The summed E-state index contributed by atoms with van der Waals surface area (Å²) in [6, 6.07) is 6.81. The van der Waals surface area contributed by atoms with Crippen molar-refractivity contribution in [3.05, 3.63) is 48.0 Å². The van der Waals surface area contributed by atoms with Crippen LogP contribution in [-0.2, 0) is 6.54 Å². The van der Waals surface area contributed by atoms with E-state index in [-0.39, 0.29) is 11.9 Å². The molecule has 5 nitrogen and oxygen atoms in total. The molecule has 1 saturated heterocycles. The maximum atomic E-state index is 13.3. The van der Waals surface area contributed by atoms with Crippen molar-refractivity contribution in [1.29, 1.82) is 0 Å². The molecule has 0 spiro atoms. The van der Waals surface area contributed by atoms with Crippen LogP contribution < -0.4 is 9.64 Å². The number of ether oxygens (including phenoxy) is 1. The van der Waals surface area contributed by atoms with Gasteiger partial charge in [0.1, 0.15) is 5.82 Å². The van der Waals surface area contributed by atoms with Crippen molar-refractivity contribution in [3.63, 3.8) is 0 Å². The Kier molecular flexibility index (Phi) is 5.25. The minimum absolute atomic E-state index is 0.0812. The van der Waals surface area contributed by atoms with Crippen molar-refractivity contribution in [1.82, 2.24) is 14.9 Å². The topological polar surface area (TPSA) is 41.5 Å². The summed E-state index contributed by atoms with van der Waals surface area (Å²) in [5.41, 5.74) is 1.01. The van der Waals surface area contributed by atoms with Gasteiger partial charge in [-0.3, -0.25) is 9.88 Å². The lowest BCUT2D eigenvalue weighted by Gasteiger charge is -2.35. The van der Waals surface area contributed by atoms with Gasteiger partial charge in [-0.25, -0.2) is 4.39 Å². The van der Waals surface area contributed by atoms with Gasteiger partial charge in [-0.15, -0.1) is 0 Å². The third-order valence-electron chi connectivity index (χ3n) is 3.95. The zero-order valence-electron chi connectivity index (χ0n) is 14.2. The molecule has 128 valence electrons. The van der Waals surface area contributed by atoms with E-state index in [4.69, 9.17) is 4.74 Å². The standard InChI is InChI=1S/C18H23FN4O/c1-14(2)24-18-12-20-11-17(21-18)23-8-6-22(7-9-23)13-15-4-3-5-16(19)10-15/h3-5,10-12,14H,6-9,13H2,1-2H3. The van der Waals surface area contributed by atoms with E-state index in [1.54, 1.807) is 24.5 Å². The van der Waals surface area contributed by atoms with E-state index in [0.29, 0.717) is 5.88 Å². The molecule has 0 bridgehead atoms. The van der Waals surface area contributed by atoms with Crippen LogP contribution in [0.2, 0.25) is 0 Å². The summed E-state index contributed by atoms with van der Waals surface area (Å²) in [4.78, 5) is 13.3. The maximum Gasteiger partial charge on any atom is 0.234 e. The summed E-state index contributed by atoms with van der Waals surface area (Å²) in [7, 11) is 0. The first-order valence-corrected chi connectivity index (χ1v) is 8.30. The lowest BCUT2D eigenvalue weighted by Crippen LogP contribution is -2.46. The molecule has 0 amide bonds. The predicted octanol–water partition coefficient (Wildman–Crippen LogP) is 2.73. The molecule has 2 aromatic rings. The Balaban J connectivity index is 1.57. The Hall–Kier alpha value is -2.21. The van der Waals surface area contributed by atoms with E-state index in [1.165, 1.54) is 6.07 Å². The highest BCUT2D eigenvalue weighted by Crippen LogP contribution is 2.18. The maximum absolute atomic E-state index is 13.3. The first-order valence-electron chi connectivity index (χ1n) is 8.30. The fourth-order valence-corrected chi connectivity index (χ4v) is 2.82. The molecule has 0 atom stereocenters. The first-order chi connectivity index (χ1) is 11.6. The highest BCUT2D eigenvalue weighted by atomic mass is 19.1. The molecule has 6 heteroatoms. The van der Waals surface area contributed by atoms with Gasteiger partial charge >= 0.3 is 0 Å². The van der Waals surface area contributed by atoms with Crippen molar-refractivity contribution < 1.29 is 9.13 Å². The molecule has 2 heterocycles. The Labute approximate surface area is 142 Å². The second kappa shape index (κ2) is 7.57. The quantitative estimate of drug-likeness (QED) is 0.843. The van der Waals surface area contributed by atoms with Crippen LogP contribution in [0, 0.1) is 5.82 Å². The Morgan fingerprint density at radius 2 is 1.96 bits per heavy atom. The number of piperazine rings is 1. The molecule has 0 N–H and O–H groups in total. The lowest BCUT2D eigenvalue weighted by molar-refractivity contribution is 0.230. The van der Waals surface area contributed by atoms with E-state index < -0.39 is 0 Å². The summed E-state index contributed by atoms with van der Waals surface area (Å²) in [6.45, 7) is 8.28. The molecule has 3 rings (SSSR count). The van der Waals surface area contributed by atoms with Crippen molar-refractivity contribution in [3.8, 4) is 5.88 Å². The highest BCUT2D eigenvalue weighted by molar-refractivity contribution is 5.38. The van der Waals surface area contributed by atoms with Gasteiger partial charge in [0.2, 0.25) is 5.88 Å². The van der Waals surface area contributed by atoms with Gasteiger partial charge in [-0.05, 0) is 31.5 Å². The number of aromatic nitrogens is 2. The van der Waals surface area contributed by atoms with Crippen molar-refractivity contribution in [2.75, 3.05) is 31.1 Å². The average molecular weight is 330 g/mol. The van der Waals surface area contributed by atoms with Gasteiger partial charge in [0.25, 0.3) is 0 Å². The Bertz CT molecular complexity index is 672. The molecule has 24 heavy (non-hydrogen) atoms. The Morgan fingerprint density at radius 1 is 1.17 bits per heavy atom. The summed E-state index contributed by atoms with van der Waals surface area (Å²) in [5.74, 6) is 1.23. The highest BCUT2D eigenvalue weighted by Gasteiger charge is 2.19. The number of hydrogen-bond donors (Lipinski definition) is 0. The van der Waals surface area contributed by atoms with Gasteiger partial charge in [0, 0.05) is 32.7 Å². The molecular weight excluding hydrogens is 307 g/mol. The van der Waals surface area contributed by atoms with Crippen LogP contribution in [0.5, 0.6) is 5.88 Å². The number of benzene rings is 1. The zero-order valence-corrected chi connectivity index (χ0v) is 14.2. The van der Waals surface area contributed by atoms with Gasteiger partial charge in [0.05, 0.1) is 18.5 Å². The number of rotatable bonds is 5. The molecular formula is C18H23FN4O. The van der Waals surface area contributed by atoms with E-state index >= 15 is 0 Å². The molecule has 1 aromatic heterocycles. The van der Waals surface area contributed by atoms with Crippen molar-refractivity contribution in [2.45, 2.75) is 26.5 Å². The minimum Gasteiger partial charge on any atom is -0.474 e. The summed E-state index contributed by atoms with van der Waals surface area (Å²) in [5, 5.41) is 0. The molecule has 1 aliphatic heterocycles. The number of nitrogens with zero attached hydrogens (tertiary/aromatic N) is 4. The molecule has 0 saturated carbocycles. The van der Waals surface area contributed by atoms with Crippen LogP contribution in [0.4, 0.5) is 10.2 Å². The van der Waals surface area contributed by atoms with Crippen molar-refractivity contribution in [2.24, 2.45) is 0 Å². The van der Waals surface area contributed by atoms with E-state index in [9.17, 15) is 4.39 Å². The summed E-state index contributed by atoms with van der Waals surface area (Å²) < 4.78 is 18.9. The van der Waals surface area contributed by atoms with Crippen molar-refractivity contribution >= 4 is 5.82 Å². The lowest BCUT2D eigenvalue weighted by atomic mass is 10.2. The van der Waals surface area contributed by atoms with E-state index in [0.717, 1.165) is 44.1 Å². The third kappa shape index (κ3) is 4.41. The second-order valence-corrected chi connectivity index (χ2v) is 6.28. The molecule has 1 fully saturated rings. The van der Waals surface area contributed by atoms with Crippen LogP contribution in [0.15, 0.2) is 36.7 Å². The molecule has 0 radical (unpaired) electrons.